The highest BCUT2D eigenvalue weighted by molar-refractivity contribution is 5.75. The van der Waals surface area contributed by atoms with E-state index in [1.165, 1.54) is 0 Å². The first kappa shape index (κ1) is 19.7. The van der Waals surface area contributed by atoms with Gasteiger partial charge in [0.25, 0.3) is 0 Å². The van der Waals surface area contributed by atoms with E-state index in [1.807, 2.05) is 60.7 Å². The van der Waals surface area contributed by atoms with Gasteiger partial charge in [-0.3, -0.25) is 9.59 Å². The predicted molar refractivity (Wildman–Crippen MR) is 99.6 cm³/mol. The minimum atomic E-state index is -0.863. The molecule has 5 nitrogen and oxygen atoms in total. The van der Waals surface area contributed by atoms with E-state index in [2.05, 4.69) is 5.32 Å². The maximum absolute atomic E-state index is 12.0. The van der Waals surface area contributed by atoms with Gasteiger partial charge < -0.3 is 15.2 Å². The van der Waals surface area contributed by atoms with E-state index in [9.17, 15) is 14.7 Å². The van der Waals surface area contributed by atoms with Gasteiger partial charge in [-0.2, -0.15) is 0 Å². The Morgan fingerprint density at radius 1 is 1.00 bits per heavy atom. The highest BCUT2D eigenvalue weighted by Gasteiger charge is 2.21. The largest absolute Gasteiger partial charge is 0.481 e. The third kappa shape index (κ3) is 6.69. The maximum Gasteiger partial charge on any atom is 0.323 e. The topological polar surface area (TPSA) is 75.6 Å². The molecule has 2 atom stereocenters. The standard InChI is InChI=1S/C21H25NO4/c1-16(21(25)26-15-18-10-6-3-7-11-18)22-14-19(20(23)24)13-12-17-8-4-2-5-9-17/h2-11,16,19,22H,12-15H2,1H3,(H,23,24). The van der Waals surface area contributed by atoms with Crippen molar-refractivity contribution in [3.63, 3.8) is 0 Å². The Balaban J connectivity index is 1.76. The average molecular weight is 355 g/mol. The summed E-state index contributed by atoms with van der Waals surface area (Å²) in [5.41, 5.74) is 2.02. The molecule has 0 saturated heterocycles. The summed E-state index contributed by atoms with van der Waals surface area (Å²) in [4.78, 5) is 23.5. The fourth-order valence-corrected chi connectivity index (χ4v) is 2.55. The van der Waals surface area contributed by atoms with Gasteiger partial charge in [0.1, 0.15) is 12.6 Å². The number of ether oxygens (including phenoxy) is 1. The Hall–Kier alpha value is -2.66. The zero-order valence-electron chi connectivity index (χ0n) is 14.9. The smallest absolute Gasteiger partial charge is 0.323 e. The van der Waals surface area contributed by atoms with E-state index in [-0.39, 0.29) is 19.1 Å². The van der Waals surface area contributed by atoms with Crippen molar-refractivity contribution in [1.82, 2.24) is 5.32 Å². The van der Waals surface area contributed by atoms with Crippen molar-refractivity contribution in [2.75, 3.05) is 6.54 Å². The van der Waals surface area contributed by atoms with Crippen molar-refractivity contribution in [2.45, 2.75) is 32.4 Å². The lowest BCUT2D eigenvalue weighted by atomic mass is 9.99. The van der Waals surface area contributed by atoms with Crippen LogP contribution in [0.25, 0.3) is 0 Å². The molecule has 0 spiro atoms. The summed E-state index contributed by atoms with van der Waals surface area (Å²) in [6, 6.07) is 18.7. The summed E-state index contributed by atoms with van der Waals surface area (Å²) in [5.74, 6) is -1.81. The number of nitrogens with one attached hydrogen (secondary N) is 1. The lowest BCUT2D eigenvalue weighted by molar-refractivity contribution is -0.148. The summed E-state index contributed by atoms with van der Waals surface area (Å²) in [5, 5.41) is 12.4. The molecule has 0 aromatic heterocycles. The van der Waals surface area contributed by atoms with Crippen LogP contribution in [0.15, 0.2) is 60.7 Å². The van der Waals surface area contributed by atoms with E-state index in [0.717, 1.165) is 11.1 Å². The van der Waals surface area contributed by atoms with Gasteiger partial charge in [0.05, 0.1) is 5.92 Å². The molecule has 0 fully saturated rings. The van der Waals surface area contributed by atoms with Crippen molar-refractivity contribution >= 4 is 11.9 Å². The molecule has 0 bridgehead atoms. The van der Waals surface area contributed by atoms with Crippen LogP contribution >= 0.6 is 0 Å². The van der Waals surface area contributed by atoms with Crippen molar-refractivity contribution in [3.8, 4) is 0 Å². The number of aryl methyl sites for hydroxylation is 1. The second-order valence-corrected chi connectivity index (χ2v) is 6.28. The van der Waals surface area contributed by atoms with Crippen LogP contribution in [0.1, 0.15) is 24.5 Å². The SMILES string of the molecule is CC(NCC(CCc1ccccc1)C(=O)O)C(=O)OCc1ccccc1. The lowest BCUT2D eigenvalue weighted by Crippen LogP contribution is -2.40. The van der Waals surface area contributed by atoms with Gasteiger partial charge in [-0.05, 0) is 30.9 Å². The average Bonchev–Trinajstić information content (AvgIpc) is 2.67. The van der Waals surface area contributed by atoms with Crippen LogP contribution in [0, 0.1) is 5.92 Å². The third-order valence-corrected chi connectivity index (χ3v) is 4.22. The molecule has 26 heavy (non-hydrogen) atoms. The normalized spacial score (nSPS) is 13.0. The molecule has 0 aliphatic rings. The van der Waals surface area contributed by atoms with E-state index >= 15 is 0 Å². The summed E-state index contributed by atoms with van der Waals surface area (Å²) in [6.07, 6.45) is 1.20. The zero-order chi connectivity index (χ0) is 18.8. The molecule has 2 aromatic carbocycles. The van der Waals surface area contributed by atoms with Gasteiger partial charge >= 0.3 is 11.9 Å². The first-order valence-corrected chi connectivity index (χ1v) is 8.77. The van der Waals surface area contributed by atoms with Gasteiger partial charge in [0.2, 0.25) is 0 Å². The molecule has 2 rings (SSSR count). The van der Waals surface area contributed by atoms with Crippen molar-refractivity contribution in [3.05, 3.63) is 71.8 Å². The molecule has 5 heteroatoms. The second-order valence-electron chi connectivity index (χ2n) is 6.28. The molecule has 2 unspecified atom stereocenters. The van der Waals surface area contributed by atoms with E-state index in [0.29, 0.717) is 12.8 Å². The van der Waals surface area contributed by atoms with Gasteiger partial charge in [-0.15, -0.1) is 0 Å². The molecule has 2 N–H and O–H groups in total. The van der Waals surface area contributed by atoms with Crippen molar-refractivity contribution in [2.24, 2.45) is 5.92 Å². The molecule has 0 aliphatic carbocycles. The monoisotopic (exact) mass is 355 g/mol. The Morgan fingerprint density at radius 2 is 1.58 bits per heavy atom. The molecular weight excluding hydrogens is 330 g/mol. The van der Waals surface area contributed by atoms with Gasteiger partial charge in [-0.25, -0.2) is 0 Å². The molecule has 0 amide bonds. The summed E-state index contributed by atoms with van der Waals surface area (Å²) in [6.45, 7) is 2.12. The van der Waals surface area contributed by atoms with Crippen LogP contribution < -0.4 is 5.32 Å². The third-order valence-electron chi connectivity index (χ3n) is 4.22. The van der Waals surface area contributed by atoms with E-state index < -0.39 is 17.9 Å². The molecular formula is C21H25NO4. The fourth-order valence-electron chi connectivity index (χ4n) is 2.55. The number of rotatable bonds is 10. The number of carbonyl (C=O) groups is 2. The highest BCUT2D eigenvalue weighted by atomic mass is 16.5. The number of benzene rings is 2. The van der Waals surface area contributed by atoms with Gasteiger partial charge in [0.15, 0.2) is 0 Å². The number of aliphatic carboxylic acids is 1. The molecule has 0 radical (unpaired) electrons. The minimum absolute atomic E-state index is 0.210. The number of hydrogen-bond donors (Lipinski definition) is 2. The first-order valence-electron chi connectivity index (χ1n) is 8.77. The minimum Gasteiger partial charge on any atom is -0.481 e. The second kappa shape index (κ2) is 10.4. The number of carbonyl (C=O) groups excluding carboxylic acids is 1. The van der Waals surface area contributed by atoms with Gasteiger partial charge in [-0.1, -0.05) is 60.7 Å². The number of esters is 1. The Kier molecular flexibility index (Phi) is 7.83. The Bertz CT molecular complexity index is 688. The van der Waals surface area contributed by atoms with Crippen LogP contribution in [0.4, 0.5) is 0 Å². The Morgan fingerprint density at radius 3 is 2.15 bits per heavy atom. The van der Waals surface area contributed by atoms with Crippen molar-refractivity contribution in [1.29, 1.82) is 0 Å². The summed E-state index contributed by atoms with van der Waals surface area (Å²) >= 11 is 0. The van der Waals surface area contributed by atoms with Crippen molar-refractivity contribution < 1.29 is 19.4 Å². The fraction of sp³-hybridized carbons (Fsp3) is 0.333. The molecule has 0 aliphatic heterocycles. The van der Waals surface area contributed by atoms with Crippen LogP contribution in [0.5, 0.6) is 0 Å². The van der Waals surface area contributed by atoms with E-state index in [4.69, 9.17) is 4.74 Å². The summed E-state index contributed by atoms with van der Waals surface area (Å²) in [7, 11) is 0. The number of carboxylic acids is 1. The Labute approximate surface area is 154 Å². The van der Waals surface area contributed by atoms with Crippen LogP contribution in [-0.2, 0) is 27.4 Å². The molecule has 0 heterocycles. The van der Waals surface area contributed by atoms with Crippen LogP contribution in [-0.4, -0.2) is 29.6 Å². The molecule has 2 aromatic rings. The first-order chi connectivity index (χ1) is 12.6. The van der Waals surface area contributed by atoms with E-state index in [1.54, 1.807) is 6.92 Å². The number of hydrogen-bond acceptors (Lipinski definition) is 4. The number of carboxylic acid groups (broad SMARTS) is 1. The predicted octanol–water partition coefficient (Wildman–Crippen LogP) is 3.04. The lowest BCUT2D eigenvalue weighted by Gasteiger charge is -2.17. The van der Waals surface area contributed by atoms with Gasteiger partial charge in [0, 0.05) is 6.54 Å². The molecule has 138 valence electrons. The molecule has 0 saturated carbocycles. The van der Waals surface area contributed by atoms with Crippen LogP contribution in [0.3, 0.4) is 0 Å². The quantitative estimate of drug-likeness (QED) is 0.641. The maximum atomic E-state index is 12.0. The van der Waals surface area contributed by atoms with Crippen LogP contribution in [0.2, 0.25) is 0 Å². The summed E-state index contributed by atoms with van der Waals surface area (Å²) < 4.78 is 5.26. The zero-order valence-corrected chi connectivity index (χ0v) is 14.9. The highest BCUT2D eigenvalue weighted by Crippen LogP contribution is 2.10.